The summed E-state index contributed by atoms with van der Waals surface area (Å²) in [5.41, 5.74) is 0.824. The van der Waals surface area contributed by atoms with Gasteiger partial charge in [0.15, 0.2) is 13.1 Å². The number of rotatable bonds is 9. The minimum absolute atomic E-state index is 0.00899. The number of ether oxygens (including phenoxy) is 1. The Bertz CT molecular complexity index is 757. The third-order valence-corrected chi connectivity index (χ3v) is 5.30. The fourth-order valence-electron chi connectivity index (χ4n) is 2.84. The van der Waals surface area contributed by atoms with E-state index in [-0.39, 0.29) is 18.4 Å². The Balaban J connectivity index is 1.66. The summed E-state index contributed by atoms with van der Waals surface area (Å²) in [7, 11) is 3.50. The van der Waals surface area contributed by atoms with Crippen LogP contribution in [0.5, 0.6) is 5.75 Å². The quantitative estimate of drug-likeness (QED) is 0.676. The third-order valence-electron chi connectivity index (χ3n) is 4.44. The lowest BCUT2D eigenvalue weighted by molar-refractivity contribution is -0.862. The third kappa shape index (κ3) is 5.80. The predicted molar refractivity (Wildman–Crippen MR) is 106 cm³/mol. The number of likely N-dealkylation sites (N-methyl/N-ethyl adjacent to an activating group) is 1. The Hall–Kier alpha value is -2.38. The number of anilines is 1. The minimum Gasteiger partial charge on any atom is -0.497 e. The minimum atomic E-state index is -0.00899. The maximum absolute atomic E-state index is 13.0. The molecule has 1 aliphatic carbocycles. The Kier molecular flexibility index (Phi) is 6.47. The first-order valence-electron chi connectivity index (χ1n) is 9.12. The molecule has 1 aromatic heterocycles. The van der Waals surface area contributed by atoms with Gasteiger partial charge in [-0.2, -0.15) is 0 Å². The molecule has 1 atom stereocenters. The summed E-state index contributed by atoms with van der Waals surface area (Å²) in [5.74, 6) is 0.754. The van der Waals surface area contributed by atoms with Gasteiger partial charge < -0.3 is 19.9 Å². The van der Waals surface area contributed by atoms with Gasteiger partial charge in [0.05, 0.1) is 20.7 Å². The number of amides is 2. The number of hydrogen-bond acceptors (Lipinski definition) is 4. The van der Waals surface area contributed by atoms with Gasteiger partial charge in [0, 0.05) is 16.6 Å². The summed E-state index contributed by atoms with van der Waals surface area (Å²) in [6.07, 6.45) is 2.13. The maximum Gasteiger partial charge on any atom is 0.282 e. The van der Waals surface area contributed by atoms with Gasteiger partial charge in [0.1, 0.15) is 5.75 Å². The molecule has 1 unspecified atom stereocenters. The number of thiophene rings is 1. The van der Waals surface area contributed by atoms with Crippen LogP contribution in [0.25, 0.3) is 0 Å². The van der Waals surface area contributed by atoms with Crippen molar-refractivity contribution in [1.82, 2.24) is 5.32 Å². The lowest BCUT2D eigenvalue weighted by atomic mass is 10.2. The molecule has 0 bridgehead atoms. The highest BCUT2D eigenvalue weighted by Gasteiger charge is 2.26. The summed E-state index contributed by atoms with van der Waals surface area (Å²) in [6.45, 7) is 1.08. The maximum atomic E-state index is 13.0. The van der Waals surface area contributed by atoms with Crippen LogP contribution in [0.1, 0.15) is 17.7 Å². The van der Waals surface area contributed by atoms with Gasteiger partial charge in [0.25, 0.3) is 11.8 Å². The number of carbonyl (C=O) groups is 2. The van der Waals surface area contributed by atoms with Crippen molar-refractivity contribution >= 4 is 28.8 Å². The summed E-state index contributed by atoms with van der Waals surface area (Å²) in [5, 5.41) is 4.98. The van der Waals surface area contributed by atoms with Gasteiger partial charge in [-0.25, -0.2) is 0 Å². The number of nitrogens with zero attached hydrogens (tertiary/aromatic N) is 1. The molecule has 1 saturated carbocycles. The van der Waals surface area contributed by atoms with Crippen LogP contribution in [0.15, 0.2) is 41.8 Å². The molecule has 1 heterocycles. The van der Waals surface area contributed by atoms with E-state index in [9.17, 15) is 9.59 Å². The average molecular weight is 389 g/mol. The molecule has 1 fully saturated rings. The summed E-state index contributed by atoms with van der Waals surface area (Å²) in [6, 6.07) is 11.8. The fourth-order valence-corrected chi connectivity index (χ4v) is 3.53. The molecule has 27 heavy (non-hydrogen) atoms. The van der Waals surface area contributed by atoms with E-state index in [1.165, 1.54) is 0 Å². The van der Waals surface area contributed by atoms with E-state index in [0.717, 1.165) is 34.1 Å². The first kappa shape index (κ1) is 19.4. The van der Waals surface area contributed by atoms with Crippen molar-refractivity contribution in [3.63, 3.8) is 0 Å². The molecule has 6 nitrogen and oxygen atoms in total. The average Bonchev–Trinajstić information content (AvgIpc) is 3.30. The molecule has 7 heteroatoms. The highest BCUT2D eigenvalue weighted by atomic mass is 32.1. The van der Waals surface area contributed by atoms with Crippen LogP contribution in [0.3, 0.4) is 0 Å². The second-order valence-electron chi connectivity index (χ2n) is 6.91. The van der Waals surface area contributed by atoms with Crippen LogP contribution in [0.4, 0.5) is 5.69 Å². The van der Waals surface area contributed by atoms with Gasteiger partial charge in [-0.3, -0.25) is 9.59 Å². The van der Waals surface area contributed by atoms with Crippen molar-refractivity contribution in [2.24, 2.45) is 0 Å². The van der Waals surface area contributed by atoms with Crippen LogP contribution in [0.2, 0.25) is 0 Å². The lowest BCUT2D eigenvalue weighted by Crippen LogP contribution is -3.11. The topological polar surface area (TPSA) is 63.1 Å². The van der Waals surface area contributed by atoms with Crippen molar-refractivity contribution < 1.29 is 19.2 Å². The number of quaternary nitrogens is 1. The largest absolute Gasteiger partial charge is 0.497 e. The van der Waals surface area contributed by atoms with Crippen molar-refractivity contribution in [2.75, 3.05) is 32.1 Å². The molecule has 3 rings (SSSR count). The fraction of sp³-hybridized carbons (Fsp3) is 0.400. The number of methoxy groups -OCH3 is 1. The second kappa shape index (κ2) is 9.01. The first-order chi connectivity index (χ1) is 13.0. The molecule has 0 saturated heterocycles. The van der Waals surface area contributed by atoms with E-state index in [4.69, 9.17) is 4.74 Å². The highest BCUT2D eigenvalue weighted by molar-refractivity contribution is 7.09. The first-order valence-corrected chi connectivity index (χ1v) is 10.0. The van der Waals surface area contributed by atoms with Crippen molar-refractivity contribution in [3.8, 4) is 5.75 Å². The van der Waals surface area contributed by atoms with E-state index < -0.39 is 0 Å². The molecule has 2 N–H and O–H groups in total. The molecule has 0 radical (unpaired) electrons. The zero-order valence-electron chi connectivity index (χ0n) is 15.7. The standard InChI is InChI=1S/C20H25N3O3S/c1-22(13-19(24)21-15-5-6-15)14-20(25)23(12-18-4-3-11-27-18)16-7-9-17(26-2)10-8-16/h3-4,7-11,15H,5-6,12-14H2,1-2H3,(H,21,24)/p+1. The molecular formula is C20H26N3O3S+. The molecule has 1 aliphatic rings. The second-order valence-corrected chi connectivity index (χ2v) is 7.94. The normalized spacial score (nSPS) is 14.4. The molecule has 144 valence electrons. The molecule has 2 aromatic rings. The van der Waals surface area contributed by atoms with Gasteiger partial charge in [0.2, 0.25) is 0 Å². The Morgan fingerprint density at radius 2 is 1.96 bits per heavy atom. The van der Waals surface area contributed by atoms with Gasteiger partial charge in [-0.05, 0) is 48.6 Å². The van der Waals surface area contributed by atoms with Crippen LogP contribution < -0.4 is 19.9 Å². The van der Waals surface area contributed by atoms with E-state index in [2.05, 4.69) is 5.32 Å². The zero-order valence-corrected chi connectivity index (χ0v) is 16.6. The molecular weight excluding hydrogens is 362 g/mol. The Morgan fingerprint density at radius 3 is 2.56 bits per heavy atom. The Labute approximate surface area is 163 Å². The molecule has 1 aromatic carbocycles. The van der Waals surface area contributed by atoms with E-state index in [1.54, 1.807) is 23.3 Å². The van der Waals surface area contributed by atoms with Crippen LogP contribution in [-0.4, -0.2) is 45.1 Å². The Morgan fingerprint density at radius 1 is 1.22 bits per heavy atom. The number of nitrogens with one attached hydrogen (secondary N) is 2. The summed E-state index contributed by atoms with van der Waals surface area (Å²) >= 11 is 1.62. The van der Waals surface area contributed by atoms with E-state index in [1.807, 2.05) is 48.8 Å². The molecule has 2 amide bonds. The highest BCUT2D eigenvalue weighted by Crippen LogP contribution is 2.22. The van der Waals surface area contributed by atoms with Crippen molar-refractivity contribution in [2.45, 2.75) is 25.4 Å². The molecule has 0 aliphatic heterocycles. The smallest absolute Gasteiger partial charge is 0.282 e. The van der Waals surface area contributed by atoms with Crippen LogP contribution in [0, 0.1) is 0 Å². The van der Waals surface area contributed by atoms with Crippen molar-refractivity contribution in [3.05, 3.63) is 46.7 Å². The molecule has 0 spiro atoms. The van der Waals surface area contributed by atoms with Crippen LogP contribution in [-0.2, 0) is 16.1 Å². The zero-order chi connectivity index (χ0) is 19.2. The number of carbonyl (C=O) groups excluding carboxylic acids is 2. The van der Waals surface area contributed by atoms with E-state index in [0.29, 0.717) is 19.1 Å². The monoisotopic (exact) mass is 388 g/mol. The summed E-state index contributed by atoms with van der Waals surface area (Å²) in [4.78, 5) is 28.7. The predicted octanol–water partition coefficient (Wildman–Crippen LogP) is 1.08. The van der Waals surface area contributed by atoms with E-state index >= 15 is 0 Å². The van der Waals surface area contributed by atoms with Gasteiger partial charge >= 0.3 is 0 Å². The summed E-state index contributed by atoms with van der Waals surface area (Å²) < 4.78 is 5.21. The van der Waals surface area contributed by atoms with Crippen LogP contribution >= 0.6 is 11.3 Å². The van der Waals surface area contributed by atoms with Gasteiger partial charge in [-0.15, -0.1) is 11.3 Å². The number of benzene rings is 1. The van der Waals surface area contributed by atoms with Crippen molar-refractivity contribution in [1.29, 1.82) is 0 Å². The lowest BCUT2D eigenvalue weighted by Gasteiger charge is -2.24. The SMILES string of the molecule is COc1ccc(N(Cc2cccs2)C(=O)C[NH+](C)CC(=O)NC2CC2)cc1. The van der Waals surface area contributed by atoms with Gasteiger partial charge in [-0.1, -0.05) is 6.07 Å². The number of hydrogen-bond donors (Lipinski definition) is 2.